The van der Waals surface area contributed by atoms with E-state index in [9.17, 15) is 4.79 Å². The van der Waals surface area contributed by atoms with Gasteiger partial charge < -0.3 is 14.0 Å². The molecule has 0 saturated carbocycles. The van der Waals surface area contributed by atoms with E-state index in [0.717, 1.165) is 21.2 Å². The van der Waals surface area contributed by atoms with Crippen molar-refractivity contribution in [3.63, 3.8) is 0 Å². The Balaban J connectivity index is 1.71. The Morgan fingerprint density at radius 1 is 1.28 bits per heavy atom. The SMILES string of the molecule is CCn1c(=NC(=O)C2COc3ccccc3O2)sc2cccc(Br)c21. The number of carbonyl (C=O) groups excluding carboxylic acids is 1. The van der Waals surface area contributed by atoms with Gasteiger partial charge >= 0.3 is 0 Å². The summed E-state index contributed by atoms with van der Waals surface area (Å²) in [4.78, 5) is 17.6. The lowest BCUT2D eigenvalue weighted by Gasteiger charge is -2.23. The zero-order chi connectivity index (χ0) is 17.4. The van der Waals surface area contributed by atoms with E-state index in [-0.39, 0.29) is 12.5 Å². The van der Waals surface area contributed by atoms with Gasteiger partial charge in [-0.05, 0) is 47.1 Å². The fraction of sp³-hybridized carbons (Fsp3) is 0.222. The van der Waals surface area contributed by atoms with E-state index < -0.39 is 6.10 Å². The predicted octanol–water partition coefficient (Wildman–Crippen LogP) is 3.75. The second-order valence-electron chi connectivity index (χ2n) is 5.53. The molecule has 4 rings (SSSR count). The summed E-state index contributed by atoms with van der Waals surface area (Å²) in [6.45, 7) is 2.92. The lowest BCUT2D eigenvalue weighted by Crippen LogP contribution is -2.36. The molecule has 0 radical (unpaired) electrons. The molecule has 25 heavy (non-hydrogen) atoms. The number of para-hydroxylation sites is 3. The number of hydrogen-bond donors (Lipinski definition) is 0. The zero-order valence-corrected chi connectivity index (χ0v) is 15.8. The molecule has 2 heterocycles. The predicted molar refractivity (Wildman–Crippen MR) is 100 cm³/mol. The lowest BCUT2D eigenvalue weighted by molar-refractivity contribution is -0.127. The van der Waals surface area contributed by atoms with E-state index in [0.29, 0.717) is 16.3 Å². The Bertz CT molecular complexity index is 1020. The standard InChI is InChI=1S/C18H15BrN2O3S/c1-2-21-16-11(19)6-5-9-15(16)25-18(21)20-17(22)14-10-23-12-7-3-4-8-13(12)24-14/h3-9,14H,2,10H2,1H3. The second kappa shape index (κ2) is 6.65. The van der Waals surface area contributed by atoms with Crippen molar-refractivity contribution < 1.29 is 14.3 Å². The van der Waals surface area contributed by atoms with Crippen molar-refractivity contribution in [2.75, 3.05) is 6.61 Å². The minimum atomic E-state index is -0.728. The quantitative estimate of drug-likeness (QED) is 0.636. The molecule has 3 aromatic rings. The minimum absolute atomic E-state index is 0.167. The molecule has 1 unspecified atom stereocenters. The van der Waals surface area contributed by atoms with E-state index in [1.165, 1.54) is 11.3 Å². The summed E-state index contributed by atoms with van der Waals surface area (Å²) in [5, 5.41) is 0. The van der Waals surface area contributed by atoms with Gasteiger partial charge in [0.15, 0.2) is 16.3 Å². The van der Waals surface area contributed by atoms with Crippen molar-refractivity contribution in [2.45, 2.75) is 19.6 Å². The lowest BCUT2D eigenvalue weighted by atomic mass is 10.2. The maximum Gasteiger partial charge on any atom is 0.292 e. The third-order valence-corrected chi connectivity index (χ3v) is 5.64. The van der Waals surface area contributed by atoms with Gasteiger partial charge in [0, 0.05) is 11.0 Å². The van der Waals surface area contributed by atoms with Crippen LogP contribution in [0.25, 0.3) is 10.2 Å². The molecule has 0 bridgehead atoms. The third-order valence-electron chi connectivity index (χ3n) is 3.96. The molecule has 5 nitrogen and oxygen atoms in total. The van der Waals surface area contributed by atoms with Gasteiger partial charge in [-0.2, -0.15) is 4.99 Å². The monoisotopic (exact) mass is 418 g/mol. The molecule has 0 saturated heterocycles. The summed E-state index contributed by atoms with van der Waals surface area (Å²) < 4.78 is 15.5. The molecule has 1 aliphatic heterocycles. The maximum atomic E-state index is 12.6. The molecule has 0 aliphatic carbocycles. The van der Waals surface area contributed by atoms with E-state index in [1.54, 1.807) is 6.07 Å². The number of halogens is 1. The van der Waals surface area contributed by atoms with Gasteiger partial charge in [0.25, 0.3) is 5.91 Å². The molecule has 0 N–H and O–H groups in total. The Hall–Kier alpha value is -2.12. The summed E-state index contributed by atoms with van der Waals surface area (Å²) in [6.07, 6.45) is -0.728. The normalized spacial score (nSPS) is 17.0. The van der Waals surface area contributed by atoms with Crippen molar-refractivity contribution in [1.82, 2.24) is 4.57 Å². The summed E-state index contributed by atoms with van der Waals surface area (Å²) in [7, 11) is 0. The van der Waals surface area contributed by atoms with Crippen molar-refractivity contribution in [2.24, 2.45) is 4.99 Å². The number of aromatic nitrogens is 1. The number of thiazole rings is 1. The highest BCUT2D eigenvalue weighted by Crippen LogP contribution is 2.31. The van der Waals surface area contributed by atoms with Gasteiger partial charge in [-0.3, -0.25) is 4.79 Å². The summed E-state index contributed by atoms with van der Waals surface area (Å²) in [5.74, 6) is 0.894. The maximum absolute atomic E-state index is 12.6. The zero-order valence-electron chi connectivity index (χ0n) is 13.4. The van der Waals surface area contributed by atoms with Crippen molar-refractivity contribution in [3.05, 3.63) is 51.7 Å². The van der Waals surface area contributed by atoms with E-state index in [2.05, 4.69) is 20.9 Å². The molecular weight excluding hydrogens is 404 g/mol. The molecule has 0 fully saturated rings. The fourth-order valence-electron chi connectivity index (χ4n) is 2.77. The Labute approximate surface area is 156 Å². The van der Waals surface area contributed by atoms with Crippen molar-refractivity contribution >= 4 is 43.4 Å². The number of aryl methyl sites for hydroxylation is 1. The smallest absolute Gasteiger partial charge is 0.292 e. The van der Waals surface area contributed by atoms with Gasteiger partial charge in [-0.25, -0.2) is 0 Å². The van der Waals surface area contributed by atoms with E-state index in [4.69, 9.17) is 9.47 Å². The number of hydrogen-bond acceptors (Lipinski definition) is 4. The fourth-order valence-corrected chi connectivity index (χ4v) is 4.61. The summed E-state index contributed by atoms with van der Waals surface area (Å²) in [5.41, 5.74) is 1.05. The molecule has 1 aromatic heterocycles. The third kappa shape index (κ3) is 2.98. The molecule has 1 atom stereocenters. The number of carbonyl (C=O) groups is 1. The van der Waals surface area contributed by atoms with Crippen LogP contribution in [0, 0.1) is 0 Å². The van der Waals surface area contributed by atoms with E-state index >= 15 is 0 Å². The molecule has 1 aliphatic rings. The molecule has 2 aromatic carbocycles. The van der Waals surface area contributed by atoms with Crippen LogP contribution < -0.4 is 14.3 Å². The van der Waals surface area contributed by atoms with Crippen LogP contribution in [-0.2, 0) is 11.3 Å². The van der Waals surface area contributed by atoms with Crippen LogP contribution in [0.3, 0.4) is 0 Å². The second-order valence-corrected chi connectivity index (χ2v) is 7.39. The van der Waals surface area contributed by atoms with Gasteiger partial charge in [0.05, 0.1) is 10.2 Å². The van der Waals surface area contributed by atoms with Crippen molar-refractivity contribution in [1.29, 1.82) is 0 Å². The first-order valence-electron chi connectivity index (χ1n) is 7.92. The highest BCUT2D eigenvalue weighted by atomic mass is 79.9. The Morgan fingerprint density at radius 3 is 2.88 bits per heavy atom. The number of amides is 1. The summed E-state index contributed by atoms with van der Waals surface area (Å²) >= 11 is 5.07. The molecule has 7 heteroatoms. The van der Waals surface area contributed by atoms with Crippen LogP contribution in [-0.4, -0.2) is 23.2 Å². The Kier molecular flexibility index (Phi) is 4.35. The number of ether oxygens (including phenoxy) is 2. The average Bonchev–Trinajstić information content (AvgIpc) is 2.99. The number of rotatable bonds is 2. The Morgan fingerprint density at radius 2 is 2.08 bits per heavy atom. The number of benzene rings is 2. The highest BCUT2D eigenvalue weighted by molar-refractivity contribution is 9.10. The molecule has 1 amide bonds. The van der Waals surface area contributed by atoms with Gasteiger partial charge in [0.2, 0.25) is 6.10 Å². The number of fused-ring (bicyclic) bond motifs is 2. The molecule has 128 valence electrons. The highest BCUT2D eigenvalue weighted by Gasteiger charge is 2.27. The van der Waals surface area contributed by atoms with Gasteiger partial charge in [-0.1, -0.05) is 29.5 Å². The van der Waals surface area contributed by atoms with E-state index in [1.807, 2.05) is 47.9 Å². The largest absolute Gasteiger partial charge is 0.485 e. The topological polar surface area (TPSA) is 52.8 Å². The van der Waals surface area contributed by atoms with Crippen LogP contribution in [0.15, 0.2) is 51.9 Å². The number of nitrogens with zero attached hydrogens (tertiary/aromatic N) is 2. The van der Waals surface area contributed by atoms with Crippen LogP contribution in [0.2, 0.25) is 0 Å². The van der Waals surface area contributed by atoms with Crippen LogP contribution in [0.4, 0.5) is 0 Å². The first kappa shape index (κ1) is 16.4. The van der Waals surface area contributed by atoms with Crippen LogP contribution >= 0.6 is 27.3 Å². The minimum Gasteiger partial charge on any atom is -0.485 e. The molecular formula is C18H15BrN2O3S. The van der Waals surface area contributed by atoms with Crippen LogP contribution in [0.1, 0.15) is 6.92 Å². The average molecular weight is 419 g/mol. The van der Waals surface area contributed by atoms with Gasteiger partial charge in [0.1, 0.15) is 6.61 Å². The first-order chi connectivity index (χ1) is 12.2. The van der Waals surface area contributed by atoms with Crippen molar-refractivity contribution in [3.8, 4) is 11.5 Å². The van der Waals surface area contributed by atoms with Gasteiger partial charge in [-0.15, -0.1) is 0 Å². The first-order valence-corrected chi connectivity index (χ1v) is 9.53. The van der Waals surface area contributed by atoms with Crippen LogP contribution in [0.5, 0.6) is 11.5 Å². The summed E-state index contributed by atoms with van der Waals surface area (Å²) in [6, 6.07) is 13.3. The molecule has 0 spiro atoms.